The van der Waals surface area contributed by atoms with E-state index in [1.165, 1.54) is 5.56 Å². The second kappa shape index (κ2) is 11.3. The Morgan fingerprint density at radius 2 is 2.08 bits per heavy atom. The van der Waals surface area contributed by atoms with Gasteiger partial charge in [0.2, 0.25) is 0 Å². The molecule has 2 aromatic rings. The van der Waals surface area contributed by atoms with Gasteiger partial charge >= 0.3 is 0 Å². The Morgan fingerprint density at radius 3 is 2.68 bits per heavy atom. The molecule has 0 amide bonds. The van der Waals surface area contributed by atoms with E-state index < -0.39 is 0 Å². The fourth-order valence-corrected chi connectivity index (χ4v) is 2.60. The van der Waals surface area contributed by atoms with Gasteiger partial charge in [0, 0.05) is 37.6 Å². The van der Waals surface area contributed by atoms with Crippen LogP contribution in [0, 0.1) is 0 Å². The minimum absolute atomic E-state index is 0. The van der Waals surface area contributed by atoms with Gasteiger partial charge in [-0.25, -0.2) is 4.99 Å². The van der Waals surface area contributed by atoms with Gasteiger partial charge < -0.3 is 19.9 Å². The predicted molar refractivity (Wildman–Crippen MR) is 115 cm³/mol. The third-order valence-electron chi connectivity index (χ3n) is 3.60. The Hall–Kier alpha value is -1.41. The molecular weight excluding hydrogens is 451 g/mol. The molecule has 1 aromatic heterocycles. The molecule has 25 heavy (non-hydrogen) atoms. The quantitative estimate of drug-likeness (QED) is 0.365. The Bertz CT molecular complexity index is 687. The number of halogens is 2. The molecule has 0 aliphatic heterocycles. The standard InChI is InChI=1S/C18H25ClN4O.HI/c1-4-20-18(22-12-14-8-10-23(2)13-14)21-9-7-15-5-6-16(24-3)11-17(15)19;/h5-6,8,10-11,13H,4,7,9,12H2,1-3H3,(H2,20,21,22);1H. The van der Waals surface area contributed by atoms with E-state index in [1.807, 2.05) is 36.0 Å². The lowest BCUT2D eigenvalue weighted by Crippen LogP contribution is -2.38. The van der Waals surface area contributed by atoms with Crippen molar-refractivity contribution in [2.75, 3.05) is 20.2 Å². The Labute approximate surface area is 171 Å². The highest BCUT2D eigenvalue weighted by Crippen LogP contribution is 2.22. The van der Waals surface area contributed by atoms with E-state index in [1.54, 1.807) is 7.11 Å². The second-order valence-corrected chi connectivity index (χ2v) is 5.92. The van der Waals surface area contributed by atoms with Gasteiger partial charge in [0.05, 0.1) is 13.7 Å². The number of aryl methyl sites for hydroxylation is 1. The third kappa shape index (κ3) is 7.15. The minimum atomic E-state index is 0. The molecule has 2 rings (SSSR count). The molecule has 0 saturated carbocycles. The van der Waals surface area contributed by atoms with Crippen LogP contribution in [0.2, 0.25) is 5.02 Å². The van der Waals surface area contributed by atoms with Crippen molar-refractivity contribution in [2.45, 2.75) is 19.9 Å². The fourth-order valence-electron chi connectivity index (χ4n) is 2.34. The van der Waals surface area contributed by atoms with Crippen molar-refractivity contribution in [1.82, 2.24) is 15.2 Å². The van der Waals surface area contributed by atoms with Crippen molar-refractivity contribution >= 4 is 41.5 Å². The summed E-state index contributed by atoms with van der Waals surface area (Å²) in [6, 6.07) is 7.84. The topological polar surface area (TPSA) is 50.6 Å². The molecule has 0 fully saturated rings. The SMILES string of the molecule is CCNC(=NCc1ccn(C)c1)NCCc1ccc(OC)cc1Cl.I. The summed E-state index contributed by atoms with van der Waals surface area (Å²) in [6.07, 6.45) is 4.92. The molecule has 0 aliphatic rings. The number of methoxy groups -OCH3 is 1. The number of guanidine groups is 1. The minimum Gasteiger partial charge on any atom is -0.497 e. The molecule has 0 unspecified atom stereocenters. The highest BCUT2D eigenvalue weighted by molar-refractivity contribution is 14.0. The Balaban J connectivity index is 0.00000312. The summed E-state index contributed by atoms with van der Waals surface area (Å²) in [5.74, 6) is 1.58. The second-order valence-electron chi connectivity index (χ2n) is 5.51. The number of aromatic nitrogens is 1. The summed E-state index contributed by atoms with van der Waals surface area (Å²) in [4.78, 5) is 4.61. The van der Waals surface area contributed by atoms with Crippen LogP contribution in [0.15, 0.2) is 41.7 Å². The molecule has 7 heteroatoms. The molecule has 2 N–H and O–H groups in total. The molecule has 1 aromatic carbocycles. The summed E-state index contributed by atoms with van der Waals surface area (Å²) < 4.78 is 7.19. The molecule has 1 heterocycles. The van der Waals surface area contributed by atoms with Crippen molar-refractivity contribution in [3.63, 3.8) is 0 Å². The number of ether oxygens (including phenoxy) is 1. The molecule has 0 bridgehead atoms. The lowest BCUT2D eigenvalue weighted by atomic mass is 10.1. The number of nitrogens with one attached hydrogen (secondary N) is 2. The molecule has 0 radical (unpaired) electrons. The van der Waals surface area contributed by atoms with Crippen LogP contribution in [-0.2, 0) is 20.0 Å². The normalized spacial score (nSPS) is 11.0. The maximum atomic E-state index is 6.27. The van der Waals surface area contributed by atoms with E-state index in [0.717, 1.165) is 41.8 Å². The third-order valence-corrected chi connectivity index (χ3v) is 3.96. The Morgan fingerprint density at radius 1 is 1.28 bits per heavy atom. The van der Waals surface area contributed by atoms with E-state index in [4.69, 9.17) is 16.3 Å². The van der Waals surface area contributed by atoms with Gasteiger partial charge in [0.1, 0.15) is 5.75 Å². The molecule has 0 atom stereocenters. The zero-order valence-corrected chi connectivity index (χ0v) is 18.0. The van der Waals surface area contributed by atoms with E-state index in [0.29, 0.717) is 6.54 Å². The van der Waals surface area contributed by atoms with Crippen LogP contribution in [0.5, 0.6) is 5.75 Å². The van der Waals surface area contributed by atoms with Crippen LogP contribution < -0.4 is 15.4 Å². The van der Waals surface area contributed by atoms with Crippen molar-refractivity contribution in [3.05, 3.63) is 52.8 Å². The summed E-state index contributed by atoms with van der Waals surface area (Å²) in [6.45, 7) is 4.29. The summed E-state index contributed by atoms with van der Waals surface area (Å²) in [5, 5.41) is 7.33. The predicted octanol–water partition coefficient (Wildman–Crippen LogP) is 3.60. The van der Waals surface area contributed by atoms with Crippen LogP contribution in [0.25, 0.3) is 0 Å². The van der Waals surface area contributed by atoms with Gasteiger partial charge in [-0.1, -0.05) is 17.7 Å². The van der Waals surface area contributed by atoms with Crippen molar-refractivity contribution in [1.29, 1.82) is 0 Å². The van der Waals surface area contributed by atoms with Crippen LogP contribution in [0.1, 0.15) is 18.1 Å². The summed E-state index contributed by atoms with van der Waals surface area (Å²) in [7, 11) is 3.65. The first-order valence-corrected chi connectivity index (χ1v) is 8.45. The maximum absolute atomic E-state index is 6.27. The molecule has 0 aliphatic carbocycles. The lowest BCUT2D eigenvalue weighted by molar-refractivity contribution is 0.414. The highest BCUT2D eigenvalue weighted by atomic mass is 127. The van der Waals surface area contributed by atoms with Gasteiger partial charge in [-0.3, -0.25) is 0 Å². The van der Waals surface area contributed by atoms with Gasteiger partial charge in [0.15, 0.2) is 5.96 Å². The van der Waals surface area contributed by atoms with Crippen molar-refractivity contribution in [3.8, 4) is 5.75 Å². The monoisotopic (exact) mass is 476 g/mol. The summed E-state index contributed by atoms with van der Waals surface area (Å²) in [5.41, 5.74) is 2.27. The van der Waals surface area contributed by atoms with E-state index in [-0.39, 0.29) is 24.0 Å². The number of aliphatic imine (C=N–C) groups is 1. The molecule has 0 spiro atoms. The van der Waals surface area contributed by atoms with Crippen molar-refractivity contribution in [2.24, 2.45) is 12.0 Å². The fraction of sp³-hybridized carbons (Fsp3) is 0.389. The van der Waals surface area contributed by atoms with E-state index in [2.05, 4.69) is 34.8 Å². The van der Waals surface area contributed by atoms with E-state index >= 15 is 0 Å². The van der Waals surface area contributed by atoms with Crippen molar-refractivity contribution < 1.29 is 4.74 Å². The van der Waals surface area contributed by atoms with E-state index in [9.17, 15) is 0 Å². The number of hydrogen-bond acceptors (Lipinski definition) is 2. The number of rotatable bonds is 7. The van der Waals surface area contributed by atoms with Gasteiger partial charge in [-0.2, -0.15) is 0 Å². The van der Waals surface area contributed by atoms with Gasteiger partial charge in [0.25, 0.3) is 0 Å². The molecule has 0 saturated heterocycles. The molecule has 5 nitrogen and oxygen atoms in total. The number of benzene rings is 1. The number of nitrogens with zero attached hydrogens (tertiary/aromatic N) is 2. The highest BCUT2D eigenvalue weighted by Gasteiger charge is 2.04. The number of hydrogen-bond donors (Lipinski definition) is 2. The van der Waals surface area contributed by atoms with Crippen LogP contribution >= 0.6 is 35.6 Å². The summed E-state index contributed by atoms with van der Waals surface area (Å²) >= 11 is 6.27. The lowest BCUT2D eigenvalue weighted by Gasteiger charge is -2.12. The van der Waals surface area contributed by atoms with Crippen LogP contribution in [0.3, 0.4) is 0 Å². The zero-order valence-electron chi connectivity index (χ0n) is 14.9. The molecular formula is C18H26ClIN4O. The van der Waals surface area contributed by atoms with Crippen LogP contribution in [0.4, 0.5) is 0 Å². The van der Waals surface area contributed by atoms with Crippen LogP contribution in [-0.4, -0.2) is 30.7 Å². The average Bonchev–Trinajstić information content (AvgIpc) is 2.99. The first kappa shape index (κ1) is 21.6. The molecule has 138 valence electrons. The zero-order chi connectivity index (χ0) is 17.4. The van der Waals surface area contributed by atoms with Gasteiger partial charge in [-0.15, -0.1) is 24.0 Å². The van der Waals surface area contributed by atoms with Gasteiger partial charge in [-0.05, 0) is 42.7 Å². The first-order chi connectivity index (χ1) is 11.6. The first-order valence-electron chi connectivity index (χ1n) is 8.07. The smallest absolute Gasteiger partial charge is 0.191 e. The largest absolute Gasteiger partial charge is 0.497 e. The maximum Gasteiger partial charge on any atom is 0.191 e. The Kier molecular flexibility index (Phi) is 9.74. The average molecular weight is 477 g/mol.